The number of carboxylic acid groups (broad SMARTS) is 1. The Morgan fingerprint density at radius 1 is 1.00 bits per heavy atom. The van der Waals surface area contributed by atoms with Gasteiger partial charge in [-0.3, -0.25) is 4.84 Å². The lowest BCUT2D eigenvalue weighted by molar-refractivity contribution is -0.131. The standard InChI is InChI=1S/C19H18ClN3O4.C11H20O2/c1-25-19(24)23(26-2)17-6-4-3-5-14(17)13-27-18-11-12-22(21-18)16-9-7-15(20)8-10-16;1-2-3-4-5-6-7-8-9-10-11(12)13/h3-12H,13H2,1-2H3;9-10H,2-8H2,1H3,(H,12,13)/b;10-9+. The molecule has 216 valence electrons. The van der Waals surface area contributed by atoms with Gasteiger partial charge in [0.05, 0.1) is 25.6 Å². The molecule has 0 spiro atoms. The van der Waals surface area contributed by atoms with Crippen LogP contribution in [0.5, 0.6) is 5.88 Å². The number of hydroxylamine groups is 1. The number of halogens is 1. The predicted octanol–water partition coefficient (Wildman–Crippen LogP) is 7.62. The first-order valence-electron chi connectivity index (χ1n) is 13.2. The molecule has 1 N–H and O–H groups in total. The third kappa shape index (κ3) is 11.5. The largest absolute Gasteiger partial charge is 0.478 e. The van der Waals surface area contributed by atoms with Crippen LogP contribution in [-0.2, 0) is 21.0 Å². The quantitative estimate of drug-likeness (QED) is 0.121. The van der Waals surface area contributed by atoms with E-state index in [2.05, 4.69) is 12.0 Å². The first-order chi connectivity index (χ1) is 19.4. The van der Waals surface area contributed by atoms with Crippen LogP contribution < -0.4 is 9.80 Å². The number of benzene rings is 2. The number of anilines is 1. The monoisotopic (exact) mass is 571 g/mol. The van der Waals surface area contributed by atoms with Crippen molar-refractivity contribution in [1.29, 1.82) is 0 Å². The van der Waals surface area contributed by atoms with Crippen molar-refractivity contribution < 1.29 is 29.0 Å². The Balaban J connectivity index is 0.000000366. The molecule has 0 aliphatic heterocycles. The van der Waals surface area contributed by atoms with Gasteiger partial charge in [-0.15, -0.1) is 5.10 Å². The summed E-state index contributed by atoms with van der Waals surface area (Å²) in [7, 11) is 2.68. The first kappa shape index (κ1) is 32.4. The smallest absolute Gasteiger partial charge is 0.438 e. The molecule has 0 saturated carbocycles. The molecular formula is C30H38ClN3O6. The number of unbranched alkanes of at least 4 members (excludes halogenated alkanes) is 6. The summed E-state index contributed by atoms with van der Waals surface area (Å²) >= 11 is 5.91. The molecule has 0 bridgehead atoms. The van der Waals surface area contributed by atoms with E-state index in [0.717, 1.165) is 29.2 Å². The van der Waals surface area contributed by atoms with Crippen LogP contribution in [0.15, 0.2) is 72.9 Å². The highest BCUT2D eigenvalue weighted by Gasteiger charge is 2.19. The van der Waals surface area contributed by atoms with E-state index in [9.17, 15) is 9.59 Å². The molecule has 0 atom stereocenters. The van der Waals surface area contributed by atoms with Gasteiger partial charge < -0.3 is 14.6 Å². The fourth-order valence-electron chi connectivity index (χ4n) is 3.69. The molecule has 1 aromatic heterocycles. The van der Waals surface area contributed by atoms with Crippen molar-refractivity contribution in [3.05, 3.63) is 83.5 Å². The molecular weight excluding hydrogens is 534 g/mol. The SMILES string of the molecule is CCCCCCCC/C=C/C(=O)O.COC(=O)N(OC)c1ccccc1COc1ccn(-c2ccc(Cl)cc2)n1. The Kier molecular flexibility index (Phi) is 15.0. The number of carboxylic acids is 1. The van der Waals surface area contributed by atoms with E-state index >= 15 is 0 Å². The lowest BCUT2D eigenvalue weighted by atomic mass is 10.1. The molecule has 9 nitrogen and oxygen atoms in total. The van der Waals surface area contributed by atoms with Crippen LogP contribution in [0.25, 0.3) is 5.69 Å². The summed E-state index contributed by atoms with van der Waals surface area (Å²) in [5.41, 5.74) is 2.14. The summed E-state index contributed by atoms with van der Waals surface area (Å²) in [6, 6.07) is 16.3. The Labute approximate surface area is 240 Å². The summed E-state index contributed by atoms with van der Waals surface area (Å²) in [5.74, 6) is -0.396. The maximum atomic E-state index is 11.9. The molecule has 0 unspecified atom stereocenters. The molecule has 0 radical (unpaired) electrons. The van der Waals surface area contributed by atoms with E-state index < -0.39 is 12.1 Å². The minimum absolute atomic E-state index is 0.199. The summed E-state index contributed by atoms with van der Waals surface area (Å²) in [5, 5.41) is 14.4. The molecule has 3 rings (SSSR count). The summed E-state index contributed by atoms with van der Waals surface area (Å²) in [4.78, 5) is 27.1. The molecule has 10 heteroatoms. The molecule has 0 fully saturated rings. The van der Waals surface area contributed by atoms with E-state index in [0.29, 0.717) is 16.6 Å². The number of carbonyl (C=O) groups excluding carboxylic acids is 1. The number of methoxy groups -OCH3 is 1. The second kappa shape index (κ2) is 18.5. The van der Waals surface area contributed by atoms with E-state index in [1.54, 1.807) is 47.3 Å². The zero-order chi connectivity index (χ0) is 29.2. The topological polar surface area (TPSA) is 103 Å². The number of hydrogen-bond donors (Lipinski definition) is 1. The van der Waals surface area contributed by atoms with Crippen LogP contribution in [-0.4, -0.2) is 41.2 Å². The van der Waals surface area contributed by atoms with Gasteiger partial charge in [-0.1, -0.05) is 74.9 Å². The fourth-order valence-corrected chi connectivity index (χ4v) is 3.81. The Bertz CT molecular complexity index is 1200. The minimum Gasteiger partial charge on any atom is -0.478 e. The average molecular weight is 572 g/mol. The van der Waals surface area contributed by atoms with Crippen LogP contribution >= 0.6 is 11.6 Å². The van der Waals surface area contributed by atoms with Gasteiger partial charge in [0.2, 0.25) is 5.88 Å². The van der Waals surface area contributed by atoms with E-state index in [4.69, 9.17) is 31.0 Å². The number of amides is 1. The van der Waals surface area contributed by atoms with Gasteiger partial charge in [-0.25, -0.2) is 14.3 Å². The number of allylic oxidation sites excluding steroid dienone is 1. The minimum atomic E-state index is -0.842. The zero-order valence-corrected chi connectivity index (χ0v) is 24.0. The maximum Gasteiger partial charge on any atom is 0.438 e. The van der Waals surface area contributed by atoms with Crippen molar-refractivity contribution in [3.8, 4) is 11.6 Å². The maximum absolute atomic E-state index is 11.9. The van der Waals surface area contributed by atoms with Crippen molar-refractivity contribution in [2.75, 3.05) is 19.3 Å². The van der Waals surface area contributed by atoms with E-state index in [1.165, 1.54) is 52.4 Å². The molecule has 40 heavy (non-hydrogen) atoms. The molecule has 1 amide bonds. The van der Waals surface area contributed by atoms with Crippen molar-refractivity contribution in [1.82, 2.24) is 9.78 Å². The second-order valence-corrected chi connectivity index (χ2v) is 9.17. The third-order valence-electron chi connectivity index (χ3n) is 5.75. The summed E-state index contributed by atoms with van der Waals surface area (Å²) < 4.78 is 12.2. The number of para-hydroxylation sites is 1. The van der Waals surface area contributed by atoms with Crippen LogP contribution in [0.2, 0.25) is 5.02 Å². The Morgan fingerprint density at radius 2 is 1.70 bits per heavy atom. The van der Waals surface area contributed by atoms with E-state index in [1.807, 2.05) is 24.3 Å². The van der Waals surface area contributed by atoms with Crippen molar-refractivity contribution >= 4 is 29.4 Å². The lowest BCUT2D eigenvalue weighted by Crippen LogP contribution is -2.30. The van der Waals surface area contributed by atoms with Crippen LogP contribution in [0.4, 0.5) is 10.5 Å². The number of carbonyl (C=O) groups is 2. The molecule has 0 aliphatic rings. The van der Waals surface area contributed by atoms with Gasteiger partial charge in [-0.05, 0) is 43.2 Å². The lowest BCUT2D eigenvalue weighted by Gasteiger charge is -2.20. The van der Waals surface area contributed by atoms with Crippen LogP contribution in [0, 0.1) is 0 Å². The summed E-state index contributed by atoms with van der Waals surface area (Å²) in [6.45, 7) is 2.40. The average Bonchev–Trinajstić information content (AvgIpc) is 3.44. The Hall–Kier alpha value is -3.82. The Morgan fingerprint density at radius 3 is 2.38 bits per heavy atom. The van der Waals surface area contributed by atoms with Gasteiger partial charge in [0.25, 0.3) is 0 Å². The highest BCUT2D eigenvalue weighted by atomic mass is 35.5. The molecule has 3 aromatic rings. The highest BCUT2D eigenvalue weighted by Crippen LogP contribution is 2.23. The predicted molar refractivity (Wildman–Crippen MR) is 156 cm³/mol. The number of aliphatic carboxylic acids is 1. The number of nitrogens with zero attached hydrogens (tertiary/aromatic N) is 3. The van der Waals surface area contributed by atoms with Crippen LogP contribution in [0.1, 0.15) is 57.4 Å². The zero-order valence-electron chi connectivity index (χ0n) is 23.3. The number of hydrogen-bond acceptors (Lipinski definition) is 6. The molecule has 1 heterocycles. The molecule has 0 aliphatic carbocycles. The van der Waals surface area contributed by atoms with Crippen molar-refractivity contribution in [3.63, 3.8) is 0 Å². The van der Waals surface area contributed by atoms with Gasteiger partial charge in [0.1, 0.15) is 6.61 Å². The van der Waals surface area contributed by atoms with Gasteiger partial charge in [0, 0.05) is 28.9 Å². The normalized spacial score (nSPS) is 10.6. The van der Waals surface area contributed by atoms with Gasteiger partial charge >= 0.3 is 12.1 Å². The first-order valence-corrected chi connectivity index (χ1v) is 13.6. The fraction of sp³-hybridized carbons (Fsp3) is 0.367. The van der Waals surface area contributed by atoms with Gasteiger partial charge in [-0.2, -0.15) is 5.06 Å². The van der Waals surface area contributed by atoms with Crippen molar-refractivity contribution in [2.45, 2.75) is 58.5 Å². The molecule has 2 aromatic carbocycles. The number of aromatic nitrogens is 2. The van der Waals surface area contributed by atoms with Crippen LogP contribution in [0.3, 0.4) is 0 Å². The number of ether oxygens (including phenoxy) is 2. The molecule has 0 saturated heterocycles. The summed E-state index contributed by atoms with van der Waals surface area (Å²) in [6.07, 6.45) is 12.6. The second-order valence-electron chi connectivity index (χ2n) is 8.74. The van der Waals surface area contributed by atoms with E-state index in [-0.39, 0.29) is 6.61 Å². The number of rotatable bonds is 14. The highest BCUT2D eigenvalue weighted by molar-refractivity contribution is 6.30. The van der Waals surface area contributed by atoms with Gasteiger partial charge in [0.15, 0.2) is 0 Å². The van der Waals surface area contributed by atoms with Crippen molar-refractivity contribution in [2.24, 2.45) is 0 Å². The third-order valence-corrected chi connectivity index (χ3v) is 6.00.